The molecule has 4 nitrogen and oxygen atoms in total. The lowest BCUT2D eigenvalue weighted by Crippen LogP contribution is -2.17. The first-order valence-corrected chi connectivity index (χ1v) is 8.39. The molecule has 1 aromatic carbocycles. The van der Waals surface area contributed by atoms with Crippen LogP contribution in [-0.4, -0.2) is 15.3 Å². The number of carbonyl (C=O) groups is 1. The summed E-state index contributed by atoms with van der Waals surface area (Å²) in [7, 11) is 0. The van der Waals surface area contributed by atoms with E-state index < -0.39 is 0 Å². The molecular weight excluding hydrogens is 298 g/mol. The number of benzene rings is 1. The van der Waals surface area contributed by atoms with Gasteiger partial charge in [0.2, 0.25) is 0 Å². The van der Waals surface area contributed by atoms with Gasteiger partial charge >= 0.3 is 0 Å². The van der Waals surface area contributed by atoms with Crippen LogP contribution >= 0.6 is 0 Å². The van der Waals surface area contributed by atoms with Gasteiger partial charge in [0, 0.05) is 11.9 Å². The topological polar surface area (TPSA) is 46.4 Å². The first kappa shape index (κ1) is 16.2. The number of hydrogen-bond acceptors (Lipinski definition) is 2. The average Bonchev–Trinajstić information content (AvgIpc) is 2.95. The van der Waals surface area contributed by atoms with Gasteiger partial charge < -0.3 is 5.32 Å². The highest BCUT2D eigenvalue weighted by atomic mass is 16.2. The molecule has 3 aromatic rings. The van der Waals surface area contributed by atoms with E-state index >= 15 is 0 Å². The number of aromatic nitrogens is 2. The van der Waals surface area contributed by atoms with E-state index in [9.17, 15) is 4.79 Å². The molecular formula is C20H23N3O. The number of imidazole rings is 1. The number of fused-ring (bicyclic) bond motifs is 1. The normalized spacial score (nSPS) is 11.2. The first-order chi connectivity index (χ1) is 11.5. The molecule has 124 valence electrons. The second-order valence-corrected chi connectivity index (χ2v) is 6.34. The van der Waals surface area contributed by atoms with E-state index in [0.29, 0.717) is 11.6 Å². The largest absolute Gasteiger partial charge is 0.320 e. The molecule has 0 atom stereocenters. The summed E-state index contributed by atoms with van der Waals surface area (Å²) in [6.45, 7) is 8.29. The number of hydrogen-bond donors (Lipinski definition) is 1. The van der Waals surface area contributed by atoms with Crippen molar-refractivity contribution in [3.8, 4) is 0 Å². The molecule has 0 aliphatic carbocycles. The first-order valence-electron chi connectivity index (χ1n) is 8.39. The number of nitrogens with one attached hydrogen (secondary N) is 1. The maximum absolute atomic E-state index is 13.0. The summed E-state index contributed by atoms with van der Waals surface area (Å²) in [5.41, 5.74) is 5.35. The number of nitrogens with zero attached hydrogens (tertiary/aromatic N) is 2. The highest BCUT2D eigenvalue weighted by Crippen LogP contribution is 2.25. The second-order valence-electron chi connectivity index (χ2n) is 6.34. The monoisotopic (exact) mass is 321 g/mol. The number of rotatable bonds is 4. The molecule has 0 bridgehead atoms. The number of para-hydroxylation sites is 1. The van der Waals surface area contributed by atoms with Crippen molar-refractivity contribution >= 4 is 17.2 Å². The van der Waals surface area contributed by atoms with Gasteiger partial charge in [-0.25, -0.2) is 4.98 Å². The van der Waals surface area contributed by atoms with Crippen LogP contribution < -0.4 is 5.32 Å². The molecule has 0 saturated carbocycles. The van der Waals surface area contributed by atoms with E-state index in [-0.39, 0.29) is 5.91 Å². The predicted octanol–water partition coefficient (Wildman–Crippen LogP) is 4.58. The fourth-order valence-electron chi connectivity index (χ4n) is 3.03. The Morgan fingerprint density at radius 1 is 1.21 bits per heavy atom. The summed E-state index contributed by atoms with van der Waals surface area (Å²) >= 11 is 0. The van der Waals surface area contributed by atoms with Gasteiger partial charge in [-0.2, -0.15) is 0 Å². The summed E-state index contributed by atoms with van der Waals surface area (Å²) in [5.74, 6) is 0.231. The molecule has 0 unspecified atom stereocenters. The minimum atomic E-state index is -0.113. The maximum atomic E-state index is 13.0. The highest BCUT2D eigenvalue weighted by Gasteiger charge is 2.20. The minimum Gasteiger partial charge on any atom is -0.320 e. The van der Waals surface area contributed by atoms with E-state index in [0.717, 1.165) is 34.6 Å². The van der Waals surface area contributed by atoms with Crippen LogP contribution in [0.2, 0.25) is 0 Å². The lowest BCUT2D eigenvalue weighted by molar-refractivity contribution is 0.102. The van der Waals surface area contributed by atoms with Crippen LogP contribution in [0.25, 0.3) is 5.65 Å². The van der Waals surface area contributed by atoms with Crippen molar-refractivity contribution in [2.45, 2.75) is 40.0 Å². The van der Waals surface area contributed by atoms with Crippen molar-refractivity contribution in [1.29, 1.82) is 0 Å². The summed E-state index contributed by atoms with van der Waals surface area (Å²) in [6, 6.07) is 11.9. The van der Waals surface area contributed by atoms with Gasteiger partial charge in [0.1, 0.15) is 11.3 Å². The Labute approximate surface area is 142 Å². The lowest BCUT2D eigenvalue weighted by Gasteiger charge is -2.14. The highest BCUT2D eigenvalue weighted by molar-refractivity contribution is 6.05. The Morgan fingerprint density at radius 2 is 1.96 bits per heavy atom. The average molecular weight is 321 g/mol. The quantitative estimate of drug-likeness (QED) is 0.764. The lowest BCUT2D eigenvalue weighted by atomic mass is 10.0. The molecule has 24 heavy (non-hydrogen) atoms. The Kier molecular flexibility index (Phi) is 4.38. The van der Waals surface area contributed by atoms with Gasteiger partial charge in [-0.1, -0.05) is 45.0 Å². The van der Waals surface area contributed by atoms with Crippen molar-refractivity contribution in [2.24, 2.45) is 0 Å². The molecule has 0 saturated heterocycles. The molecule has 0 spiro atoms. The molecule has 0 aliphatic rings. The van der Waals surface area contributed by atoms with Gasteiger partial charge in [-0.05, 0) is 42.5 Å². The third-order valence-electron chi connectivity index (χ3n) is 4.30. The zero-order valence-corrected chi connectivity index (χ0v) is 14.6. The van der Waals surface area contributed by atoms with Crippen molar-refractivity contribution in [3.05, 3.63) is 65.1 Å². The minimum absolute atomic E-state index is 0.113. The van der Waals surface area contributed by atoms with Gasteiger partial charge in [-0.3, -0.25) is 9.20 Å². The van der Waals surface area contributed by atoms with Crippen LogP contribution in [0.5, 0.6) is 0 Å². The molecule has 0 aliphatic heterocycles. The van der Waals surface area contributed by atoms with Crippen molar-refractivity contribution in [3.63, 3.8) is 0 Å². The van der Waals surface area contributed by atoms with E-state index in [1.807, 2.05) is 54.8 Å². The zero-order chi connectivity index (χ0) is 17.3. The van der Waals surface area contributed by atoms with Gasteiger partial charge in [-0.15, -0.1) is 0 Å². The van der Waals surface area contributed by atoms with Crippen LogP contribution in [0.3, 0.4) is 0 Å². The number of carbonyl (C=O) groups excluding carboxylic acids is 1. The number of amides is 1. The summed E-state index contributed by atoms with van der Waals surface area (Å²) in [4.78, 5) is 17.6. The van der Waals surface area contributed by atoms with Gasteiger partial charge in [0.05, 0.1) is 5.69 Å². The summed E-state index contributed by atoms with van der Waals surface area (Å²) in [6.07, 6.45) is 2.62. The summed E-state index contributed by atoms with van der Waals surface area (Å²) in [5, 5.41) is 3.08. The third kappa shape index (κ3) is 2.80. The van der Waals surface area contributed by atoms with E-state index in [1.165, 1.54) is 0 Å². The molecule has 0 fully saturated rings. The van der Waals surface area contributed by atoms with Crippen molar-refractivity contribution in [1.82, 2.24) is 9.38 Å². The zero-order valence-electron chi connectivity index (χ0n) is 14.6. The fraction of sp³-hybridized carbons (Fsp3) is 0.300. The fourth-order valence-corrected chi connectivity index (χ4v) is 3.03. The Balaban J connectivity index is 2.05. The summed E-state index contributed by atoms with van der Waals surface area (Å²) < 4.78 is 1.89. The standard InChI is InChI=1S/C20H23N3O/c1-5-16-18(23-12-8-9-14(4)19(23)21-16)20(24)22-17-11-7-6-10-15(17)13(2)3/h6-13H,5H2,1-4H3,(H,22,24). The third-order valence-corrected chi connectivity index (χ3v) is 4.30. The SMILES string of the molecule is CCc1nc2c(C)cccn2c1C(=O)Nc1ccccc1C(C)C. The molecule has 0 radical (unpaired) electrons. The number of anilines is 1. The molecule has 2 heterocycles. The van der Waals surface area contributed by atoms with E-state index in [4.69, 9.17) is 0 Å². The Hall–Kier alpha value is -2.62. The smallest absolute Gasteiger partial charge is 0.274 e. The molecule has 1 N–H and O–H groups in total. The van der Waals surface area contributed by atoms with Crippen molar-refractivity contribution < 1.29 is 4.79 Å². The maximum Gasteiger partial charge on any atom is 0.274 e. The van der Waals surface area contributed by atoms with Crippen LogP contribution in [0.15, 0.2) is 42.6 Å². The van der Waals surface area contributed by atoms with Crippen LogP contribution in [0.4, 0.5) is 5.69 Å². The molecule has 3 rings (SSSR count). The van der Waals surface area contributed by atoms with Crippen molar-refractivity contribution in [2.75, 3.05) is 5.32 Å². The second kappa shape index (κ2) is 6.48. The molecule has 1 amide bonds. The van der Waals surface area contributed by atoms with Crippen LogP contribution in [0.1, 0.15) is 54.0 Å². The molecule has 4 heteroatoms. The van der Waals surface area contributed by atoms with Gasteiger partial charge in [0.25, 0.3) is 5.91 Å². The van der Waals surface area contributed by atoms with Crippen LogP contribution in [0, 0.1) is 6.92 Å². The Morgan fingerprint density at radius 3 is 2.67 bits per heavy atom. The molecule has 2 aromatic heterocycles. The van der Waals surface area contributed by atoms with Crippen LogP contribution in [-0.2, 0) is 6.42 Å². The number of pyridine rings is 1. The van der Waals surface area contributed by atoms with Gasteiger partial charge in [0.15, 0.2) is 0 Å². The number of aryl methyl sites for hydroxylation is 2. The van der Waals surface area contributed by atoms with E-state index in [2.05, 4.69) is 30.2 Å². The predicted molar refractivity (Wildman–Crippen MR) is 97.8 cm³/mol. The van der Waals surface area contributed by atoms with E-state index in [1.54, 1.807) is 0 Å². The Bertz CT molecular complexity index is 893.